The van der Waals surface area contributed by atoms with Crippen LogP contribution in [0.15, 0.2) is 48.5 Å². The molecule has 4 rings (SSSR count). The molecular weight excluding hydrogens is 448 g/mol. The molecule has 0 radical (unpaired) electrons. The zero-order chi connectivity index (χ0) is 24.8. The summed E-state index contributed by atoms with van der Waals surface area (Å²) >= 11 is 0. The molecule has 1 aliphatic carbocycles. The van der Waals surface area contributed by atoms with E-state index in [0.29, 0.717) is 19.4 Å². The Morgan fingerprint density at radius 2 is 1.69 bits per heavy atom. The third-order valence-corrected chi connectivity index (χ3v) is 6.92. The van der Waals surface area contributed by atoms with Gasteiger partial charge in [-0.3, -0.25) is 9.59 Å². The van der Waals surface area contributed by atoms with Gasteiger partial charge in [0.2, 0.25) is 5.91 Å². The second kappa shape index (κ2) is 11.4. The lowest BCUT2D eigenvalue weighted by molar-refractivity contribution is -0.143. The van der Waals surface area contributed by atoms with E-state index >= 15 is 0 Å². The summed E-state index contributed by atoms with van der Waals surface area (Å²) in [5.74, 6) is -1.42. The van der Waals surface area contributed by atoms with Crippen LogP contribution in [0.2, 0.25) is 0 Å². The molecule has 2 N–H and O–H groups in total. The first-order chi connectivity index (χ1) is 17.0. The fourth-order valence-corrected chi connectivity index (χ4v) is 5.24. The molecule has 2 amide bonds. The third-order valence-electron chi connectivity index (χ3n) is 6.92. The molecule has 1 fully saturated rings. The average molecular weight is 481 g/mol. The van der Waals surface area contributed by atoms with E-state index in [1.807, 2.05) is 31.2 Å². The molecule has 186 valence electrons. The van der Waals surface area contributed by atoms with Gasteiger partial charge in [0.05, 0.1) is 25.6 Å². The molecule has 35 heavy (non-hydrogen) atoms. The summed E-state index contributed by atoms with van der Waals surface area (Å²) in [6.07, 6.45) is 0.792. The molecule has 2 aliphatic rings. The quantitative estimate of drug-likeness (QED) is 0.503. The number of carboxylic acid groups (broad SMARTS) is 1. The maximum atomic E-state index is 12.5. The number of carbonyl (C=O) groups excluding carboxylic acids is 2. The van der Waals surface area contributed by atoms with Crippen LogP contribution >= 0.6 is 0 Å². The molecule has 8 nitrogen and oxygen atoms in total. The van der Waals surface area contributed by atoms with Crippen LogP contribution in [0.3, 0.4) is 0 Å². The molecule has 2 aromatic rings. The van der Waals surface area contributed by atoms with Crippen molar-refractivity contribution < 1.29 is 29.0 Å². The zero-order valence-electron chi connectivity index (χ0n) is 19.9. The smallest absolute Gasteiger partial charge is 0.407 e. The van der Waals surface area contributed by atoms with Crippen molar-refractivity contribution in [1.29, 1.82) is 0 Å². The predicted octanol–water partition coefficient (Wildman–Crippen LogP) is 3.64. The van der Waals surface area contributed by atoms with E-state index < -0.39 is 18.0 Å². The highest BCUT2D eigenvalue weighted by Crippen LogP contribution is 2.44. The molecule has 2 atom stereocenters. The largest absolute Gasteiger partial charge is 0.481 e. The molecular formula is C27H32N2O6. The van der Waals surface area contributed by atoms with Crippen LogP contribution in [0.25, 0.3) is 11.1 Å². The van der Waals surface area contributed by atoms with Crippen molar-refractivity contribution in [3.05, 3.63) is 59.7 Å². The molecule has 2 aromatic carbocycles. The standard InChI is InChI=1S/C27H32N2O6/c1-2-24-22(26(31)32)11-14-29(24)25(30)12-15-34-16-13-28-27(33)35-17-23-20-9-5-3-7-18(20)19-8-4-6-10-21(19)23/h3-10,22-24H,2,11-17H2,1H3,(H,28,33)(H,31,32). The SMILES string of the molecule is CCC1C(C(=O)O)CCN1C(=O)CCOCCNC(=O)OCC1c2ccccc2-c2ccccc21. The van der Waals surface area contributed by atoms with E-state index in [1.54, 1.807) is 4.90 Å². The van der Waals surface area contributed by atoms with Gasteiger partial charge in [0.15, 0.2) is 0 Å². The van der Waals surface area contributed by atoms with E-state index in [0.717, 1.165) is 11.1 Å². The molecule has 0 aromatic heterocycles. The Kier molecular flexibility index (Phi) is 8.02. The number of fused-ring (bicyclic) bond motifs is 3. The Hall–Kier alpha value is -3.39. The van der Waals surface area contributed by atoms with Gasteiger partial charge in [-0.05, 0) is 35.1 Å². The number of hydrogen-bond donors (Lipinski definition) is 2. The van der Waals surface area contributed by atoms with Crippen molar-refractivity contribution in [2.75, 3.05) is 32.9 Å². The van der Waals surface area contributed by atoms with Crippen molar-refractivity contribution in [2.24, 2.45) is 5.92 Å². The van der Waals surface area contributed by atoms with Crippen LogP contribution in [0, 0.1) is 5.92 Å². The van der Waals surface area contributed by atoms with Crippen LogP contribution in [-0.2, 0) is 19.1 Å². The second-order valence-corrected chi connectivity index (χ2v) is 8.91. The maximum Gasteiger partial charge on any atom is 0.407 e. The zero-order valence-corrected chi connectivity index (χ0v) is 19.9. The molecule has 1 heterocycles. The van der Waals surface area contributed by atoms with Gasteiger partial charge < -0.3 is 24.8 Å². The first kappa shape index (κ1) is 24.7. The van der Waals surface area contributed by atoms with E-state index in [-0.39, 0.29) is 50.7 Å². The number of carboxylic acids is 1. The summed E-state index contributed by atoms with van der Waals surface area (Å²) in [5.41, 5.74) is 4.68. The minimum Gasteiger partial charge on any atom is -0.481 e. The van der Waals surface area contributed by atoms with Crippen molar-refractivity contribution in [2.45, 2.75) is 38.1 Å². The minimum atomic E-state index is -0.845. The van der Waals surface area contributed by atoms with Gasteiger partial charge in [0, 0.05) is 25.0 Å². The van der Waals surface area contributed by atoms with E-state index in [2.05, 4.69) is 29.6 Å². The highest BCUT2D eigenvalue weighted by Gasteiger charge is 2.39. The van der Waals surface area contributed by atoms with Crippen molar-refractivity contribution in [1.82, 2.24) is 10.2 Å². The van der Waals surface area contributed by atoms with Crippen molar-refractivity contribution >= 4 is 18.0 Å². The topological polar surface area (TPSA) is 105 Å². The summed E-state index contributed by atoms with van der Waals surface area (Å²) in [5, 5.41) is 12.0. The fourth-order valence-electron chi connectivity index (χ4n) is 5.24. The van der Waals surface area contributed by atoms with Gasteiger partial charge in [-0.15, -0.1) is 0 Å². The predicted molar refractivity (Wildman–Crippen MR) is 130 cm³/mol. The Morgan fingerprint density at radius 1 is 1.03 bits per heavy atom. The number of nitrogens with one attached hydrogen (secondary N) is 1. The number of aliphatic carboxylic acids is 1. The lowest BCUT2D eigenvalue weighted by Crippen LogP contribution is -2.39. The number of carbonyl (C=O) groups is 3. The molecule has 0 spiro atoms. The monoisotopic (exact) mass is 480 g/mol. The number of alkyl carbamates (subject to hydrolysis) is 1. The number of rotatable bonds is 10. The van der Waals surface area contributed by atoms with Gasteiger partial charge in [-0.1, -0.05) is 55.5 Å². The summed E-state index contributed by atoms with van der Waals surface area (Å²) in [7, 11) is 0. The van der Waals surface area contributed by atoms with Crippen LogP contribution in [0.1, 0.15) is 43.2 Å². The molecule has 1 aliphatic heterocycles. The minimum absolute atomic E-state index is 0.00803. The van der Waals surface area contributed by atoms with Gasteiger partial charge in [0.1, 0.15) is 6.61 Å². The van der Waals surface area contributed by atoms with Crippen molar-refractivity contribution in [3.63, 3.8) is 0 Å². The summed E-state index contributed by atoms with van der Waals surface area (Å²) in [6, 6.07) is 16.1. The Labute approximate surface area is 205 Å². The summed E-state index contributed by atoms with van der Waals surface area (Å²) < 4.78 is 11.0. The first-order valence-corrected chi connectivity index (χ1v) is 12.2. The highest BCUT2D eigenvalue weighted by molar-refractivity contribution is 5.80. The highest BCUT2D eigenvalue weighted by atomic mass is 16.5. The van der Waals surface area contributed by atoms with Crippen LogP contribution in [0.4, 0.5) is 4.79 Å². The Balaban J connectivity index is 1.14. The number of ether oxygens (including phenoxy) is 2. The summed E-state index contributed by atoms with van der Waals surface area (Å²) in [4.78, 5) is 37.7. The lowest BCUT2D eigenvalue weighted by atomic mass is 9.98. The van der Waals surface area contributed by atoms with E-state index in [1.165, 1.54) is 11.1 Å². The molecule has 1 saturated heterocycles. The normalized spacial score (nSPS) is 18.7. The molecule has 2 unspecified atom stereocenters. The van der Waals surface area contributed by atoms with E-state index in [4.69, 9.17) is 9.47 Å². The second-order valence-electron chi connectivity index (χ2n) is 8.91. The van der Waals surface area contributed by atoms with Crippen LogP contribution < -0.4 is 5.32 Å². The average Bonchev–Trinajstić information content (AvgIpc) is 3.44. The molecule has 8 heteroatoms. The number of amides is 2. The first-order valence-electron chi connectivity index (χ1n) is 12.2. The molecule has 0 bridgehead atoms. The maximum absolute atomic E-state index is 12.5. The molecule has 0 saturated carbocycles. The summed E-state index contributed by atoms with van der Waals surface area (Å²) in [6.45, 7) is 3.37. The lowest BCUT2D eigenvalue weighted by Gasteiger charge is -2.25. The van der Waals surface area contributed by atoms with Gasteiger partial charge >= 0.3 is 12.1 Å². The van der Waals surface area contributed by atoms with Crippen molar-refractivity contribution in [3.8, 4) is 11.1 Å². The number of nitrogens with zero attached hydrogens (tertiary/aromatic N) is 1. The Morgan fingerprint density at radius 3 is 2.31 bits per heavy atom. The third kappa shape index (κ3) is 5.48. The van der Waals surface area contributed by atoms with E-state index in [9.17, 15) is 19.5 Å². The number of hydrogen-bond acceptors (Lipinski definition) is 5. The van der Waals surface area contributed by atoms with Crippen LogP contribution in [-0.4, -0.2) is 66.9 Å². The fraction of sp³-hybridized carbons (Fsp3) is 0.444. The number of benzene rings is 2. The van der Waals surface area contributed by atoms with Gasteiger partial charge in [-0.25, -0.2) is 4.79 Å². The van der Waals surface area contributed by atoms with Gasteiger partial charge in [0.25, 0.3) is 0 Å². The Bertz CT molecular complexity index is 1030. The van der Waals surface area contributed by atoms with Gasteiger partial charge in [-0.2, -0.15) is 0 Å². The number of likely N-dealkylation sites (tertiary alicyclic amines) is 1. The van der Waals surface area contributed by atoms with Crippen LogP contribution in [0.5, 0.6) is 0 Å².